The van der Waals surface area contributed by atoms with Gasteiger partial charge < -0.3 is 14.2 Å². The lowest BCUT2D eigenvalue weighted by Gasteiger charge is -2.22. The second-order valence-corrected chi connectivity index (χ2v) is 10.5. The van der Waals surface area contributed by atoms with E-state index in [0.717, 1.165) is 29.4 Å². The molecule has 1 aliphatic rings. The summed E-state index contributed by atoms with van der Waals surface area (Å²) in [6.45, 7) is 0.599. The fraction of sp³-hybridized carbons (Fsp3) is 0.167. The molecule has 0 bridgehead atoms. The lowest BCUT2D eigenvalue weighted by molar-refractivity contribution is 0.317. The van der Waals surface area contributed by atoms with Crippen LogP contribution < -0.4 is 25.4 Å². The maximum Gasteiger partial charge on any atom is 0.217 e. The first-order chi connectivity index (χ1) is 17.2. The van der Waals surface area contributed by atoms with Crippen LogP contribution in [0.4, 0.5) is 0 Å². The molecule has 0 spiro atoms. The number of nitrogens with zero attached hydrogens (tertiary/aromatic N) is 1. The quantitative estimate of drug-likeness (QED) is 0.338. The lowest BCUT2D eigenvalue weighted by atomic mass is 10.1. The highest BCUT2D eigenvalue weighted by Gasteiger charge is 2.26. The summed E-state index contributed by atoms with van der Waals surface area (Å²) in [7, 11) is 2.53. The highest BCUT2D eigenvalue weighted by molar-refractivity contribution is 7.80. The molecule has 176 valence electrons. The number of methoxy groups -OCH3 is 2. The first-order valence-corrected chi connectivity index (χ1v) is 13.0. The van der Waals surface area contributed by atoms with Crippen LogP contribution in [-0.4, -0.2) is 32.8 Å². The Labute approximate surface area is 208 Å². The molecule has 1 atom stereocenters. The molecule has 0 fully saturated rings. The number of rotatable bonds is 8. The van der Waals surface area contributed by atoms with Gasteiger partial charge in [-0.05, 0) is 66.2 Å². The van der Waals surface area contributed by atoms with Crippen LogP contribution in [0.1, 0.15) is 11.1 Å². The SMILES string of the molecule is COc1ccc(P(c2ccc(OC)cc2)c2ccccc2C2=N[C@@H](Cc3ccccc3)CO2)cc1. The molecule has 0 aliphatic carbocycles. The van der Waals surface area contributed by atoms with Crippen LogP contribution in [0.25, 0.3) is 0 Å². The molecule has 0 amide bonds. The Morgan fingerprint density at radius 1 is 0.743 bits per heavy atom. The van der Waals surface area contributed by atoms with Gasteiger partial charge in [-0.1, -0.05) is 72.8 Å². The number of ether oxygens (including phenoxy) is 3. The summed E-state index contributed by atoms with van der Waals surface area (Å²) in [5, 5.41) is 3.69. The van der Waals surface area contributed by atoms with Gasteiger partial charge in [0.1, 0.15) is 18.1 Å². The molecule has 4 nitrogen and oxygen atoms in total. The molecule has 0 saturated heterocycles. The monoisotopic (exact) mass is 481 g/mol. The van der Waals surface area contributed by atoms with Crippen LogP contribution in [0.2, 0.25) is 0 Å². The van der Waals surface area contributed by atoms with E-state index in [1.54, 1.807) is 14.2 Å². The van der Waals surface area contributed by atoms with Gasteiger partial charge in [0, 0.05) is 5.56 Å². The number of hydrogen-bond acceptors (Lipinski definition) is 4. The fourth-order valence-corrected chi connectivity index (χ4v) is 6.69. The zero-order valence-electron chi connectivity index (χ0n) is 19.9. The molecule has 1 aliphatic heterocycles. The average Bonchev–Trinajstić information content (AvgIpc) is 3.39. The smallest absolute Gasteiger partial charge is 0.217 e. The van der Waals surface area contributed by atoms with Crippen molar-refractivity contribution in [3.05, 3.63) is 114 Å². The summed E-state index contributed by atoms with van der Waals surface area (Å²) in [6, 6.07) is 35.8. The van der Waals surface area contributed by atoms with Gasteiger partial charge in [0.05, 0.1) is 20.3 Å². The highest BCUT2D eigenvalue weighted by atomic mass is 31.1. The van der Waals surface area contributed by atoms with Gasteiger partial charge in [-0.15, -0.1) is 0 Å². The largest absolute Gasteiger partial charge is 0.497 e. The second kappa shape index (κ2) is 10.8. The molecule has 0 saturated carbocycles. The summed E-state index contributed by atoms with van der Waals surface area (Å²) in [5.74, 6) is 2.42. The normalized spacial score (nSPS) is 14.9. The number of benzene rings is 4. The van der Waals surface area contributed by atoms with E-state index >= 15 is 0 Å². The van der Waals surface area contributed by atoms with Gasteiger partial charge in [-0.25, -0.2) is 4.99 Å². The Morgan fingerprint density at radius 2 is 1.31 bits per heavy atom. The zero-order chi connectivity index (χ0) is 24.0. The van der Waals surface area contributed by atoms with Crippen LogP contribution in [0.3, 0.4) is 0 Å². The minimum absolute atomic E-state index is 0.119. The summed E-state index contributed by atoms with van der Waals surface area (Å²) < 4.78 is 17.0. The average molecular weight is 482 g/mol. The molecule has 0 unspecified atom stereocenters. The van der Waals surface area contributed by atoms with E-state index in [9.17, 15) is 0 Å². The van der Waals surface area contributed by atoms with Crippen LogP contribution in [-0.2, 0) is 11.2 Å². The maximum absolute atomic E-state index is 6.18. The highest BCUT2D eigenvalue weighted by Crippen LogP contribution is 2.36. The van der Waals surface area contributed by atoms with Crippen molar-refractivity contribution in [1.82, 2.24) is 0 Å². The first kappa shape index (κ1) is 23.1. The van der Waals surface area contributed by atoms with Crippen molar-refractivity contribution in [1.29, 1.82) is 0 Å². The van der Waals surface area contributed by atoms with Crippen molar-refractivity contribution in [2.75, 3.05) is 20.8 Å². The Morgan fingerprint density at radius 3 is 1.91 bits per heavy atom. The topological polar surface area (TPSA) is 40.0 Å². The first-order valence-electron chi connectivity index (χ1n) is 11.7. The molecule has 35 heavy (non-hydrogen) atoms. The molecule has 5 rings (SSSR count). The Bertz CT molecular complexity index is 1240. The third-order valence-corrected chi connectivity index (χ3v) is 8.56. The molecular weight excluding hydrogens is 453 g/mol. The van der Waals surface area contributed by atoms with Gasteiger partial charge in [0.25, 0.3) is 0 Å². The van der Waals surface area contributed by atoms with E-state index in [1.807, 2.05) is 30.3 Å². The molecule has 0 N–H and O–H groups in total. The number of hydrogen-bond donors (Lipinski definition) is 0. The summed E-state index contributed by atoms with van der Waals surface area (Å²) in [6.07, 6.45) is 0.873. The van der Waals surface area contributed by atoms with Crippen LogP contribution >= 0.6 is 7.92 Å². The fourth-order valence-electron chi connectivity index (χ4n) is 4.29. The lowest BCUT2D eigenvalue weighted by Crippen LogP contribution is -2.25. The van der Waals surface area contributed by atoms with Gasteiger partial charge in [0.15, 0.2) is 0 Å². The van der Waals surface area contributed by atoms with Gasteiger partial charge >= 0.3 is 0 Å². The molecule has 0 aromatic heterocycles. The molecule has 5 heteroatoms. The van der Waals surface area contributed by atoms with Crippen molar-refractivity contribution in [3.8, 4) is 11.5 Å². The van der Waals surface area contributed by atoms with Crippen LogP contribution in [0, 0.1) is 0 Å². The van der Waals surface area contributed by atoms with E-state index in [4.69, 9.17) is 19.2 Å². The molecule has 4 aromatic rings. The molecule has 0 radical (unpaired) electrons. The predicted octanol–water partition coefficient (Wildman–Crippen LogP) is 4.85. The Kier molecular flexibility index (Phi) is 7.11. The summed E-state index contributed by atoms with van der Waals surface area (Å²) in [4.78, 5) is 5.00. The van der Waals surface area contributed by atoms with Gasteiger partial charge in [-0.3, -0.25) is 0 Å². The van der Waals surface area contributed by atoms with Gasteiger partial charge in [0.2, 0.25) is 5.90 Å². The Balaban J connectivity index is 1.54. The standard InChI is InChI=1S/C30H28NO3P/c1-32-24-12-16-26(17-13-24)35(27-18-14-25(33-2)15-19-27)29-11-7-6-10-28(29)30-31-23(21-34-30)20-22-8-4-3-5-9-22/h3-19,23H,20-21H2,1-2H3/t23-/m0/s1. The zero-order valence-corrected chi connectivity index (χ0v) is 20.8. The number of aliphatic imine (C=N–C) groups is 1. The molecule has 4 aromatic carbocycles. The third kappa shape index (κ3) is 5.23. The van der Waals surface area contributed by atoms with Crippen molar-refractivity contribution >= 4 is 29.7 Å². The second-order valence-electron chi connectivity index (χ2n) is 8.34. The van der Waals surface area contributed by atoms with Crippen LogP contribution in [0.5, 0.6) is 11.5 Å². The van der Waals surface area contributed by atoms with Crippen molar-refractivity contribution in [2.45, 2.75) is 12.5 Å². The third-order valence-electron chi connectivity index (χ3n) is 6.06. The van der Waals surface area contributed by atoms with E-state index in [0.29, 0.717) is 6.61 Å². The van der Waals surface area contributed by atoms with E-state index in [2.05, 4.69) is 72.8 Å². The van der Waals surface area contributed by atoms with Gasteiger partial charge in [-0.2, -0.15) is 0 Å². The summed E-state index contributed by atoms with van der Waals surface area (Å²) in [5.41, 5.74) is 2.33. The minimum Gasteiger partial charge on any atom is -0.497 e. The maximum atomic E-state index is 6.18. The van der Waals surface area contributed by atoms with Crippen molar-refractivity contribution in [3.63, 3.8) is 0 Å². The molecule has 1 heterocycles. The van der Waals surface area contributed by atoms with E-state index < -0.39 is 7.92 Å². The predicted molar refractivity (Wildman–Crippen MR) is 145 cm³/mol. The molecular formula is C30H28NO3P. The van der Waals surface area contributed by atoms with Crippen molar-refractivity contribution < 1.29 is 14.2 Å². The van der Waals surface area contributed by atoms with Crippen LogP contribution in [0.15, 0.2) is 108 Å². The van der Waals surface area contributed by atoms with Crippen molar-refractivity contribution in [2.24, 2.45) is 4.99 Å². The summed E-state index contributed by atoms with van der Waals surface area (Å²) >= 11 is 0. The van der Waals surface area contributed by atoms with E-state index in [-0.39, 0.29) is 6.04 Å². The minimum atomic E-state index is -0.852. The van der Waals surface area contributed by atoms with E-state index in [1.165, 1.54) is 21.5 Å². The Hall–Kier alpha value is -3.62.